The maximum atomic E-state index is 10.6. The SMILES string of the molecule is NC(C(=O)O)c1ccc(O)cc1.O=C(O)c1cc(S(=O)(=O)O)ccc1O. The molecule has 1 unspecified atom stereocenters. The molecule has 26 heavy (non-hydrogen) atoms. The summed E-state index contributed by atoms with van der Waals surface area (Å²) in [5, 5.41) is 34.9. The van der Waals surface area contributed by atoms with Crippen molar-refractivity contribution in [1.29, 1.82) is 0 Å². The van der Waals surface area contributed by atoms with Crippen LogP contribution in [-0.4, -0.2) is 45.3 Å². The predicted octanol–water partition coefficient (Wildman–Crippen LogP) is 0.814. The minimum absolute atomic E-state index is 0.0938. The van der Waals surface area contributed by atoms with Gasteiger partial charge in [0.25, 0.3) is 10.1 Å². The number of carbonyl (C=O) groups is 2. The van der Waals surface area contributed by atoms with Crippen molar-refractivity contribution in [1.82, 2.24) is 0 Å². The number of carboxylic acids is 2. The fourth-order valence-electron chi connectivity index (χ4n) is 1.67. The number of nitrogens with two attached hydrogens (primary N) is 1. The Kier molecular flexibility index (Phi) is 6.66. The van der Waals surface area contributed by atoms with E-state index in [9.17, 15) is 18.0 Å². The summed E-state index contributed by atoms with van der Waals surface area (Å²) in [6.07, 6.45) is 0. The third-order valence-corrected chi connectivity index (χ3v) is 3.86. The van der Waals surface area contributed by atoms with Gasteiger partial charge in [0.05, 0.1) is 4.90 Å². The predicted molar refractivity (Wildman–Crippen MR) is 87.6 cm³/mol. The Hall–Kier alpha value is -3.15. The lowest BCUT2D eigenvalue weighted by atomic mass is 10.1. The summed E-state index contributed by atoms with van der Waals surface area (Å²) in [5.41, 5.74) is 5.20. The Morgan fingerprint density at radius 2 is 1.50 bits per heavy atom. The number of phenolic OH excluding ortho intramolecular Hbond substituents is 1. The Balaban J connectivity index is 0.000000263. The first-order valence-electron chi connectivity index (χ1n) is 6.74. The summed E-state index contributed by atoms with van der Waals surface area (Å²) in [7, 11) is -4.45. The normalized spacial score (nSPS) is 11.8. The molecule has 7 N–H and O–H groups in total. The molecule has 2 rings (SSSR count). The van der Waals surface area contributed by atoms with Crippen LogP contribution in [0.5, 0.6) is 11.5 Å². The molecular weight excluding hydrogens is 370 g/mol. The van der Waals surface area contributed by atoms with Crippen molar-refractivity contribution in [3.63, 3.8) is 0 Å². The summed E-state index contributed by atoms with van der Waals surface area (Å²) >= 11 is 0. The van der Waals surface area contributed by atoms with E-state index in [4.69, 9.17) is 30.7 Å². The highest BCUT2D eigenvalue weighted by molar-refractivity contribution is 7.85. The lowest BCUT2D eigenvalue weighted by Crippen LogP contribution is -2.20. The number of carboxylic acid groups (broad SMARTS) is 2. The molecule has 0 radical (unpaired) electrons. The van der Waals surface area contributed by atoms with Gasteiger partial charge in [0.1, 0.15) is 23.1 Å². The lowest BCUT2D eigenvalue weighted by Gasteiger charge is -2.05. The van der Waals surface area contributed by atoms with E-state index in [1.807, 2.05) is 0 Å². The fourth-order valence-corrected chi connectivity index (χ4v) is 2.18. The number of phenols is 2. The summed E-state index contributed by atoms with van der Waals surface area (Å²) in [6, 6.07) is 7.19. The van der Waals surface area contributed by atoms with Crippen molar-refractivity contribution in [2.45, 2.75) is 10.9 Å². The van der Waals surface area contributed by atoms with Crippen LogP contribution in [0.15, 0.2) is 47.4 Å². The minimum Gasteiger partial charge on any atom is -0.508 e. The highest BCUT2D eigenvalue weighted by atomic mass is 32.2. The molecule has 10 nitrogen and oxygen atoms in total. The Morgan fingerprint density at radius 1 is 0.962 bits per heavy atom. The molecule has 2 aromatic carbocycles. The largest absolute Gasteiger partial charge is 0.508 e. The molecule has 11 heteroatoms. The van der Waals surface area contributed by atoms with E-state index < -0.39 is 44.3 Å². The number of benzene rings is 2. The maximum Gasteiger partial charge on any atom is 0.339 e. The quantitative estimate of drug-likeness (QED) is 0.410. The standard InChI is InChI=1S/C8H9NO3.C7H6O6S/c9-7(8(11)12)5-1-3-6(10)4-2-5;8-6-2-1-4(14(11,12)13)3-5(6)7(9)10/h1-4,7,10H,9H2,(H,11,12);1-3,8H,(H,9,10)(H,11,12,13). The Labute approximate surface area is 147 Å². The van der Waals surface area contributed by atoms with E-state index >= 15 is 0 Å². The fraction of sp³-hybridized carbons (Fsp3) is 0.0667. The van der Waals surface area contributed by atoms with Crippen LogP contribution < -0.4 is 5.73 Å². The first-order valence-corrected chi connectivity index (χ1v) is 8.18. The second-order valence-corrected chi connectivity index (χ2v) is 6.29. The Bertz CT molecular complexity index is 907. The van der Waals surface area contributed by atoms with Crippen LogP contribution in [0.3, 0.4) is 0 Å². The van der Waals surface area contributed by atoms with Crippen LogP contribution in [0.2, 0.25) is 0 Å². The second-order valence-electron chi connectivity index (χ2n) is 4.87. The molecule has 0 aromatic heterocycles. The van der Waals surface area contributed by atoms with Crippen molar-refractivity contribution in [2.24, 2.45) is 5.73 Å². The molecule has 2 aromatic rings. The Morgan fingerprint density at radius 3 is 1.92 bits per heavy atom. The smallest absolute Gasteiger partial charge is 0.339 e. The van der Waals surface area contributed by atoms with Gasteiger partial charge in [-0.25, -0.2) is 4.79 Å². The van der Waals surface area contributed by atoms with Gasteiger partial charge in [-0.05, 0) is 35.9 Å². The molecular formula is C15H15NO9S. The third kappa shape index (κ3) is 5.73. The van der Waals surface area contributed by atoms with E-state index in [0.29, 0.717) is 11.6 Å². The molecule has 0 aliphatic heterocycles. The molecule has 0 amide bonds. The number of rotatable bonds is 4. The van der Waals surface area contributed by atoms with E-state index in [1.165, 1.54) is 24.3 Å². The van der Waals surface area contributed by atoms with Gasteiger partial charge in [0.2, 0.25) is 0 Å². The summed E-state index contributed by atoms with van der Waals surface area (Å²) < 4.78 is 29.8. The zero-order valence-electron chi connectivity index (χ0n) is 13.0. The summed E-state index contributed by atoms with van der Waals surface area (Å²) in [6.45, 7) is 0. The van der Waals surface area contributed by atoms with Gasteiger partial charge in [-0.2, -0.15) is 8.42 Å². The first kappa shape index (κ1) is 20.9. The number of aliphatic carboxylic acids is 1. The molecule has 0 saturated carbocycles. The van der Waals surface area contributed by atoms with Gasteiger partial charge in [-0.3, -0.25) is 9.35 Å². The summed E-state index contributed by atoms with van der Waals surface area (Å²) in [5.74, 6) is -3.03. The maximum absolute atomic E-state index is 10.6. The van der Waals surface area contributed by atoms with E-state index in [-0.39, 0.29) is 5.75 Å². The molecule has 1 atom stereocenters. The molecule has 140 valence electrons. The van der Waals surface area contributed by atoms with Gasteiger partial charge in [-0.15, -0.1) is 0 Å². The topological polar surface area (TPSA) is 195 Å². The van der Waals surface area contributed by atoms with Crippen LogP contribution in [0.4, 0.5) is 0 Å². The molecule has 0 bridgehead atoms. The molecule has 0 heterocycles. The van der Waals surface area contributed by atoms with Gasteiger partial charge in [0, 0.05) is 0 Å². The molecule has 0 spiro atoms. The van der Waals surface area contributed by atoms with Gasteiger partial charge in [-0.1, -0.05) is 12.1 Å². The van der Waals surface area contributed by atoms with Crippen LogP contribution in [0.25, 0.3) is 0 Å². The van der Waals surface area contributed by atoms with Gasteiger partial charge >= 0.3 is 11.9 Å². The van der Waals surface area contributed by atoms with Crippen LogP contribution in [0.1, 0.15) is 22.0 Å². The average molecular weight is 385 g/mol. The molecule has 0 aliphatic rings. The van der Waals surface area contributed by atoms with Crippen molar-refractivity contribution in [2.75, 3.05) is 0 Å². The zero-order chi connectivity index (χ0) is 20.1. The number of hydrogen-bond donors (Lipinski definition) is 6. The van der Waals surface area contributed by atoms with Crippen molar-refractivity contribution in [3.8, 4) is 11.5 Å². The van der Waals surface area contributed by atoms with Crippen LogP contribution in [-0.2, 0) is 14.9 Å². The van der Waals surface area contributed by atoms with E-state index in [2.05, 4.69) is 0 Å². The third-order valence-electron chi connectivity index (χ3n) is 3.01. The zero-order valence-corrected chi connectivity index (χ0v) is 13.8. The highest BCUT2D eigenvalue weighted by Crippen LogP contribution is 2.21. The minimum atomic E-state index is -4.45. The first-order chi connectivity index (χ1) is 11.9. The molecule has 0 saturated heterocycles. The average Bonchev–Trinajstić information content (AvgIpc) is 2.54. The van der Waals surface area contributed by atoms with Crippen LogP contribution in [0, 0.1) is 0 Å². The van der Waals surface area contributed by atoms with E-state index in [0.717, 1.165) is 12.1 Å². The summed E-state index contributed by atoms with van der Waals surface area (Å²) in [4.78, 5) is 20.3. The number of hydrogen-bond acceptors (Lipinski definition) is 7. The van der Waals surface area contributed by atoms with Crippen molar-refractivity contribution >= 4 is 22.1 Å². The number of aromatic carboxylic acids is 1. The number of aromatic hydroxyl groups is 2. The van der Waals surface area contributed by atoms with Gasteiger partial charge < -0.3 is 26.2 Å². The van der Waals surface area contributed by atoms with Crippen LogP contribution >= 0.6 is 0 Å². The monoisotopic (exact) mass is 385 g/mol. The van der Waals surface area contributed by atoms with Gasteiger partial charge in [0.15, 0.2) is 0 Å². The molecule has 0 aliphatic carbocycles. The molecule has 0 fully saturated rings. The highest BCUT2D eigenvalue weighted by Gasteiger charge is 2.16. The van der Waals surface area contributed by atoms with Crippen molar-refractivity contribution in [3.05, 3.63) is 53.6 Å². The lowest BCUT2D eigenvalue weighted by molar-refractivity contribution is -0.138. The van der Waals surface area contributed by atoms with Crippen molar-refractivity contribution < 1.29 is 43.0 Å². The van der Waals surface area contributed by atoms with E-state index in [1.54, 1.807) is 0 Å². The second kappa shape index (κ2) is 8.29.